The number of aryl methyl sites for hydroxylation is 1. The van der Waals surface area contributed by atoms with Crippen LogP contribution in [0.2, 0.25) is 0 Å². The molecule has 0 amide bonds. The summed E-state index contributed by atoms with van der Waals surface area (Å²) in [5.41, 5.74) is 2.79. The topological polar surface area (TPSA) is 67.7 Å². The van der Waals surface area contributed by atoms with Crippen LogP contribution >= 0.6 is 0 Å². The number of sulfonamides is 1. The minimum atomic E-state index is -3.53. The summed E-state index contributed by atoms with van der Waals surface area (Å²) in [6, 6.07) is 5.26. The monoisotopic (exact) mass is 406 g/mol. The lowest BCUT2D eigenvalue weighted by Crippen LogP contribution is -2.40. The van der Waals surface area contributed by atoms with Gasteiger partial charge in [0.25, 0.3) is 0 Å². The van der Waals surface area contributed by atoms with Crippen LogP contribution in [0, 0.1) is 0 Å². The Bertz CT molecular complexity index is 946. The van der Waals surface area contributed by atoms with Crippen LogP contribution in [0.4, 0.5) is 0 Å². The van der Waals surface area contributed by atoms with Crippen LogP contribution in [0.1, 0.15) is 26.6 Å². The van der Waals surface area contributed by atoms with Crippen molar-refractivity contribution in [3.8, 4) is 0 Å². The number of hydrogen-bond donors (Lipinski definition) is 0. The Balaban J connectivity index is 1.95. The molecule has 0 unspecified atom stereocenters. The third kappa shape index (κ3) is 4.30. The minimum absolute atomic E-state index is 0.295. The molecule has 0 aliphatic carbocycles. The van der Waals surface area contributed by atoms with Gasteiger partial charge in [0, 0.05) is 26.2 Å². The van der Waals surface area contributed by atoms with Crippen LogP contribution in [-0.2, 0) is 27.8 Å². The number of fused-ring (bicyclic) bond motifs is 1. The number of morpholine rings is 1. The average molecular weight is 407 g/mol. The highest BCUT2D eigenvalue weighted by atomic mass is 32.2. The Kier molecular flexibility index (Phi) is 6.54. The second kappa shape index (κ2) is 8.73. The van der Waals surface area contributed by atoms with Gasteiger partial charge in [-0.3, -0.25) is 4.90 Å². The summed E-state index contributed by atoms with van der Waals surface area (Å²) in [4.78, 5) is 7.36. The first kappa shape index (κ1) is 21.0. The molecule has 0 saturated carbocycles. The molecule has 7 nitrogen and oxygen atoms in total. The summed E-state index contributed by atoms with van der Waals surface area (Å²) in [7, 11) is -3.53. The molecule has 28 heavy (non-hydrogen) atoms. The van der Waals surface area contributed by atoms with E-state index < -0.39 is 10.0 Å². The first-order valence-electron chi connectivity index (χ1n) is 9.80. The number of nitrogens with zero attached hydrogens (tertiary/aromatic N) is 4. The molecule has 1 fully saturated rings. The van der Waals surface area contributed by atoms with Crippen molar-refractivity contribution in [2.24, 2.45) is 0 Å². The fourth-order valence-electron chi connectivity index (χ4n) is 3.59. The van der Waals surface area contributed by atoms with Crippen LogP contribution in [0.5, 0.6) is 0 Å². The Morgan fingerprint density at radius 2 is 2.00 bits per heavy atom. The van der Waals surface area contributed by atoms with Gasteiger partial charge in [0.1, 0.15) is 5.82 Å². The van der Waals surface area contributed by atoms with Crippen LogP contribution in [0.3, 0.4) is 0 Å². The van der Waals surface area contributed by atoms with Crippen LogP contribution in [0.15, 0.2) is 35.2 Å². The number of imidazole rings is 1. The zero-order chi connectivity index (χ0) is 20.3. The van der Waals surface area contributed by atoms with Gasteiger partial charge in [-0.2, -0.15) is 4.31 Å². The molecule has 1 saturated heterocycles. The predicted molar refractivity (Wildman–Crippen MR) is 111 cm³/mol. The molecule has 0 atom stereocenters. The lowest BCUT2D eigenvalue weighted by atomic mass is 10.3. The smallest absolute Gasteiger partial charge is 0.243 e. The zero-order valence-electron chi connectivity index (χ0n) is 17.0. The zero-order valence-corrected chi connectivity index (χ0v) is 17.8. The van der Waals surface area contributed by atoms with Gasteiger partial charge in [0.05, 0.1) is 35.7 Å². The van der Waals surface area contributed by atoms with Crippen molar-refractivity contribution in [1.29, 1.82) is 0 Å². The number of aromatic nitrogens is 2. The van der Waals surface area contributed by atoms with E-state index in [0.717, 1.165) is 42.1 Å². The van der Waals surface area contributed by atoms with E-state index in [1.165, 1.54) is 4.31 Å². The molecule has 0 bridgehead atoms. The molecule has 0 radical (unpaired) electrons. The van der Waals surface area contributed by atoms with Gasteiger partial charge in [-0.1, -0.05) is 19.1 Å². The first-order chi connectivity index (χ1) is 13.4. The van der Waals surface area contributed by atoms with Crippen molar-refractivity contribution in [2.75, 3.05) is 39.4 Å². The maximum absolute atomic E-state index is 13.0. The third-order valence-electron chi connectivity index (χ3n) is 5.03. The van der Waals surface area contributed by atoms with Crippen molar-refractivity contribution in [1.82, 2.24) is 18.8 Å². The summed E-state index contributed by atoms with van der Waals surface area (Å²) in [5, 5.41) is 0. The lowest BCUT2D eigenvalue weighted by molar-refractivity contribution is 0.0730. The van der Waals surface area contributed by atoms with Gasteiger partial charge < -0.3 is 9.30 Å². The minimum Gasteiger partial charge on any atom is -0.379 e. The van der Waals surface area contributed by atoms with Gasteiger partial charge in [-0.15, -0.1) is 0 Å². The number of benzene rings is 1. The van der Waals surface area contributed by atoms with Gasteiger partial charge in [-0.25, -0.2) is 13.4 Å². The first-order valence-corrected chi connectivity index (χ1v) is 11.2. The fourth-order valence-corrected chi connectivity index (χ4v) is 5.02. The Morgan fingerprint density at radius 3 is 2.61 bits per heavy atom. The Hall–Kier alpha value is -1.74. The number of likely N-dealkylation sites (N-methyl/N-ethyl adjacent to an activating group) is 1. The molecule has 3 rings (SSSR count). The van der Waals surface area contributed by atoms with E-state index in [2.05, 4.69) is 29.9 Å². The maximum Gasteiger partial charge on any atom is 0.243 e. The fraction of sp³-hybridized carbons (Fsp3) is 0.550. The second-order valence-electron chi connectivity index (χ2n) is 7.20. The highest BCUT2D eigenvalue weighted by Gasteiger charge is 2.27. The summed E-state index contributed by atoms with van der Waals surface area (Å²) in [5.74, 6) is 0.946. The van der Waals surface area contributed by atoms with E-state index in [1.54, 1.807) is 12.1 Å². The second-order valence-corrected chi connectivity index (χ2v) is 9.14. The van der Waals surface area contributed by atoms with Crippen LogP contribution in [-0.4, -0.2) is 66.6 Å². The predicted octanol–water partition coefficient (Wildman–Crippen LogP) is 2.48. The van der Waals surface area contributed by atoms with Crippen molar-refractivity contribution >= 4 is 21.1 Å². The van der Waals surface area contributed by atoms with E-state index in [4.69, 9.17) is 9.72 Å². The van der Waals surface area contributed by atoms with E-state index in [0.29, 0.717) is 37.7 Å². The summed E-state index contributed by atoms with van der Waals surface area (Å²) >= 11 is 0. The van der Waals surface area contributed by atoms with Crippen LogP contribution in [0.25, 0.3) is 11.0 Å². The van der Waals surface area contributed by atoms with Gasteiger partial charge >= 0.3 is 0 Å². The van der Waals surface area contributed by atoms with Crippen molar-refractivity contribution < 1.29 is 13.2 Å². The largest absolute Gasteiger partial charge is 0.379 e. The average Bonchev–Trinajstić information content (AvgIpc) is 3.03. The molecule has 1 aliphatic rings. The maximum atomic E-state index is 13.0. The van der Waals surface area contributed by atoms with Gasteiger partial charge in [-0.05, 0) is 38.6 Å². The Labute approximate surface area is 167 Å². The molecule has 2 heterocycles. The van der Waals surface area contributed by atoms with E-state index in [-0.39, 0.29) is 0 Å². The quantitative estimate of drug-likeness (QED) is 0.630. The Morgan fingerprint density at radius 1 is 1.29 bits per heavy atom. The molecule has 1 aliphatic heterocycles. The third-order valence-corrected chi connectivity index (χ3v) is 6.92. The van der Waals surface area contributed by atoms with Crippen molar-refractivity contribution in [2.45, 2.75) is 38.8 Å². The van der Waals surface area contributed by atoms with Gasteiger partial charge in [0.15, 0.2) is 0 Å². The SMILES string of the molecule is C=C(C)CN(CC)Cc1nc2cc(S(=O)(=O)N3CCOCC3)ccc2n1CC. The number of hydrogen-bond acceptors (Lipinski definition) is 5. The van der Waals surface area contributed by atoms with E-state index in [1.807, 2.05) is 13.0 Å². The van der Waals surface area contributed by atoms with Crippen molar-refractivity contribution in [3.05, 3.63) is 36.2 Å². The molecule has 0 spiro atoms. The van der Waals surface area contributed by atoms with Gasteiger partial charge in [0.2, 0.25) is 10.0 Å². The summed E-state index contributed by atoms with van der Waals surface area (Å²) < 4.78 is 34.8. The van der Waals surface area contributed by atoms with E-state index >= 15 is 0 Å². The molecule has 8 heteroatoms. The molecule has 2 aromatic rings. The molecule has 1 aromatic heterocycles. The molecular weight excluding hydrogens is 376 g/mol. The standard InChI is InChI=1S/C20H30N4O3S/c1-5-22(14-16(3)4)15-20-21-18-13-17(7-8-19(18)24(20)6-2)28(25,26)23-9-11-27-12-10-23/h7-8,13H,3,5-6,9-12,14-15H2,1-2,4H3. The number of ether oxygens (including phenoxy) is 1. The molecular formula is C20H30N4O3S. The molecule has 0 N–H and O–H groups in total. The molecule has 1 aromatic carbocycles. The summed E-state index contributed by atoms with van der Waals surface area (Å²) in [6.07, 6.45) is 0. The molecule has 154 valence electrons. The van der Waals surface area contributed by atoms with Crippen molar-refractivity contribution in [3.63, 3.8) is 0 Å². The van der Waals surface area contributed by atoms with E-state index in [9.17, 15) is 8.42 Å². The highest BCUT2D eigenvalue weighted by molar-refractivity contribution is 7.89. The number of rotatable bonds is 8. The highest BCUT2D eigenvalue weighted by Crippen LogP contribution is 2.24. The summed E-state index contributed by atoms with van der Waals surface area (Å²) in [6.45, 7) is 15.1. The van der Waals surface area contributed by atoms with Crippen LogP contribution < -0.4 is 0 Å². The normalized spacial score (nSPS) is 16.1. The lowest BCUT2D eigenvalue weighted by Gasteiger charge is -2.26.